The minimum Gasteiger partial charge on any atom is -0.325 e. The Morgan fingerprint density at radius 3 is 2.07 bits per heavy atom. The van der Waals surface area contributed by atoms with Gasteiger partial charge in [0.1, 0.15) is 0 Å². The molecule has 76 valence electrons. The van der Waals surface area contributed by atoms with E-state index in [4.69, 9.17) is 5.73 Å². The van der Waals surface area contributed by atoms with Crippen molar-refractivity contribution in [1.29, 1.82) is 0 Å². The van der Waals surface area contributed by atoms with Crippen LogP contribution < -0.4 is 5.73 Å². The molecule has 1 aromatic carbocycles. The summed E-state index contributed by atoms with van der Waals surface area (Å²) in [6.45, 7) is 0. The van der Waals surface area contributed by atoms with Gasteiger partial charge in [0.15, 0.2) is 17.5 Å². The Balaban J connectivity index is 2.26. The van der Waals surface area contributed by atoms with E-state index in [0.29, 0.717) is 12.0 Å². The molecule has 0 bridgehead atoms. The van der Waals surface area contributed by atoms with Crippen LogP contribution in [0.1, 0.15) is 18.4 Å². The van der Waals surface area contributed by atoms with E-state index in [1.54, 1.807) is 0 Å². The summed E-state index contributed by atoms with van der Waals surface area (Å²) in [6, 6.07) is 2.01. The lowest BCUT2D eigenvalue weighted by Gasteiger charge is -2.08. The molecule has 1 nitrogen and oxygen atoms in total. The van der Waals surface area contributed by atoms with Crippen molar-refractivity contribution in [1.82, 2.24) is 0 Å². The van der Waals surface area contributed by atoms with E-state index in [-0.39, 0.29) is 5.54 Å². The average molecular weight is 201 g/mol. The van der Waals surface area contributed by atoms with Gasteiger partial charge in [0.05, 0.1) is 0 Å². The van der Waals surface area contributed by atoms with E-state index in [9.17, 15) is 13.2 Å². The quantitative estimate of drug-likeness (QED) is 0.729. The second-order valence-corrected chi connectivity index (χ2v) is 3.91. The summed E-state index contributed by atoms with van der Waals surface area (Å²) in [5.74, 6) is -3.72. The molecule has 1 aliphatic rings. The molecule has 1 aliphatic carbocycles. The minimum atomic E-state index is -1.42. The zero-order valence-electron chi connectivity index (χ0n) is 7.49. The van der Waals surface area contributed by atoms with Crippen molar-refractivity contribution in [2.45, 2.75) is 24.8 Å². The topological polar surface area (TPSA) is 26.0 Å². The zero-order chi connectivity index (χ0) is 10.3. The Hall–Kier alpha value is -1.03. The van der Waals surface area contributed by atoms with E-state index in [0.717, 1.165) is 25.0 Å². The summed E-state index contributed by atoms with van der Waals surface area (Å²) in [5.41, 5.74) is 5.87. The van der Waals surface area contributed by atoms with Gasteiger partial charge in [0.25, 0.3) is 0 Å². The van der Waals surface area contributed by atoms with Crippen LogP contribution in [0.4, 0.5) is 13.2 Å². The summed E-state index contributed by atoms with van der Waals surface area (Å²) >= 11 is 0. The van der Waals surface area contributed by atoms with E-state index >= 15 is 0 Å². The van der Waals surface area contributed by atoms with Crippen molar-refractivity contribution in [3.05, 3.63) is 35.1 Å². The SMILES string of the molecule is NC1(Cc2cc(F)c(F)c(F)c2)CC1. The maximum Gasteiger partial charge on any atom is 0.194 e. The number of hydrogen-bond donors (Lipinski definition) is 1. The third kappa shape index (κ3) is 1.75. The molecular weight excluding hydrogens is 191 g/mol. The summed E-state index contributed by atoms with van der Waals surface area (Å²) in [4.78, 5) is 0. The molecule has 0 atom stereocenters. The first-order valence-corrected chi connectivity index (χ1v) is 4.42. The minimum absolute atomic E-state index is 0.323. The Kier molecular flexibility index (Phi) is 2.03. The lowest BCUT2D eigenvalue weighted by Crippen LogP contribution is -2.24. The molecule has 1 saturated carbocycles. The highest BCUT2D eigenvalue weighted by Crippen LogP contribution is 2.35. The maximum absolute atomic E-state index is 12.8. The zero-order valence-corrected chi connectivity index (χ0v) is 7.49. The van der Waals surface area contributed by atoms with Crippen LogP contribution >= 0.6 is 0 Å². The average Bonchev–Trinajstić information content (AvgIpc) is 2.79. The molecule has 0 radical (unpaired) electrons. The molecule has 14 heavy (non-hydrogen) atoms. The Bertz CT molecular complexity index is 349. The molecule has 0 amide bonds. The summed E-state index contributed by atoms with van der Waals surface area (Å²) in [5, 5.41) is 0. The van der Waals surface area contributed by atoms with Gasteiger partial charge in [-0.25, -0.2) is 13.2 Å². The van der Waals surface area contributed by atoms with Crippen molar-refractivity contribution in [2.24, 2.45) is 5.73 Å². The van der Waals surface area contributed by atoms with Crippen LogP contribution in [0.15, 0.2) is 12.1 Å². The van der Waals surface area contributed by atoms with Crippen LogP contribution in [-0.4, -0.2) is 5.54 Å². The molecule has 0 heterocycles. The number of halogens is 3. The van der Waals surface area contributed by atoms with Crippen molar-refractivity contribution in [3.63, 3.8) is 0 Å². The molecule has 0 aliphatic heterocycles. The van der Waals surface area contributed by atoms with E-state index in [1.807, 2.05) is 0 Å². The van der Waals surface area contributed by atoms with Crippen LogP contribution in [0, 0.1) is 17.5 Å². The Morgan fingerprint density at radius 1 is 1.14 bits per heavy atom. The third-order valence-electron chi connectivity index (χ3n) is 2.49. The monoisotopic (exact) mass is 201 g/mol. The summed E-state index contributed by atoms with van der Waals surface area (Å²) < 4.78 is 38.1. The molecule has 2 rings (SSSR count). The summed E-state index contributed by atoms with van der Waals surface area (Å²) in [6.07, 6.45) is 2.11. The van der Waals surface area contributed by atoms with Gasteiger partial charge in [0, 0.05) is 5.54 Å². The van der Waals surface area contributed by atoms with E-state index in [1.165, 1.54) is 0 Å². The van der Waals surface area contributed by atoms with Crippen LogP contribution in [0.2, 0.25) is 0 Å². The fourth-order valence-corrected chi connectivity index (χ4v) is 1.45. The maximum atomic E-state index is 12.8. The predicted molar refractivity (Wildman–Crippen MR) is 46.2 cm³/mol. The number of benzene rings is 1. The lowest BCUT2D eigenvalue weighted by molar-refractivity contribution is 0.444. The first-order valence-electron chi connectivity index (χ1n) is 4.42. The van der Waals surface area contributed by atoms with Gasteiger partial charge in [-0.15, -0.1) is 0 Å². The third-order valence-corrected chi connectivity index (χ3v) is 2.49. The smallest absolute Gasteiger partial charge is 0.194 e. The fraction of sp³-hybridized carbons (Fsp3) is 0.400. The van der Waals surface area contributed by atoms with Gasteiger partial charge in [-0.1, -0.05) is 0 Å². The normalized spacial score (nSPS) is 18.3. The number of hydrogen-bond acceptors (Lipinski definition) is 1. The highest BCUT2D eigenvalue weighted by Gasteiger charge is 2.38. The lowest BCUT2D eigenvalue weighted by atomic mass is 10.0. The fourth-order valence-electron chi connectivity index (χ4n) is 1.45. The van der Waals surface area contributed by atoms with Crippen LogP contribution in [0.5, 0.6) is 0 Å². The molecule has 2 N–H and O–H groups in total. The van der Waals surface area contributed by atoms with Crippen molar-refractivity contribution < 1.29 is 13.2 Å². The second kappa shape index (κ2) is 2.98. The second-order valence-electron chi connectivity index (χ2n) is 3.91. The Labute approximate surface area is 79.7 Å². The van der Waals surface area contributed by atoms with Crippen LogP contribution in [0.25, 0.3) is 0 Å². The van der Waals surface area contributed by atoms with Crippen molar-refractivity contribution >= 4 is 0 Å². The molecule has 1 aromatic rings. The van der Waals surface area contributed by atoms with Gasteiger partial charge in [-0.2, -0.15) is 0 Å². The molecule has 4 heteroatoms. The highest BCUT2D eigenvalue weighted by atomic mass is 19.2. The molecule has 1 fully saturated rings. The van der Waals surface area contributed by atoms with E-state index in [2.05, 4.69) is 0 Å². The molecule has 0 saturated heterocycles. The van der Waals surface area contributed by atoms with Gasteiger partial charge < -0.3 is 5.73 Å². The molecule has 0 aromatic heterocycles. The predicted octanol–water partition coefficient (Wildman–Crippen LogP) is 2.14. The van der Waals surface area contributed by atoms with Gasteiger partial charge >= 0.3 is 0 Å². The number of nitrogens with two attached hydrogens (primary N) is 1. The number of rotatable bonds is 2. The molecular formula is C10H10F3N. The van der Waals surface area contributed by atoms with Gasteiger partial charge in [-0.3, -0.25) is 0 Å². The standard InChI is InChI=1S/C10H10F3N/c11-7-3-6(4-8(12)9(7)13)5-10(14)1-2-10/h3-4H,1-2,5,14H2. The van der Waals surface area contributed by atoms with Gasteiger partial charge in [-0.05, 0) is 37.0 Å². The van der Waals surface area contributed by atoms with Crippen LogP contribution in [0.3, 0.4) is 0 Å². The Morgan fingerprint density at radius 2 is 1.64 bits per heavy atom. The largest absolute Gasteiger partial charge is 0.325 e. The highest BCUT2D eigenvalue weighted by molar-refractivity contribution is 5.23. The van der Waals surface area contributed by atoms with Crippen LogP contribution in [-0.2, 0) is 6.42 Å². The molecule has 0 spiro atoms. The van der Waals surface area contributed by atoms with Crippen molar-refractivity contribution in [2.75, 3.05) is 0 Å². The van der Waals surface area contributed by atoms with Gasteiger partial charge in [0.2, 0.25) is 0 Å². The summed E-state index contributed by atoms with van der Waals surface area (Å²) in [7, 11) is 0. The van der Waals surface area contributed by atoms with Crippen molar-refractivity contribution in [3.8, 4) is 0 Å². The first-order chi connectivity index (χ1) is 6.50. The first kappa shape index (κ1) is 9.52. The van der Waals surface area contributed by atoms with E-state index < -0.39 is 17.5 Å². The molecule has 0 unspecified atom stereocenters.